The summed E-state index contributed by atoms with van der Waals surface area (Å²) in [6, 6.07) is 7.77. The maximum absolute atomic E-state index is 12.6. The molecule has 21 heavy (non-hydrogen) atoms. The summed E-state index contributed by atoms with van der Waals surface area (Å²) in [5.74, 6) is 0.0149. The minimum Gasteiger partial charge on any atom is -0.365 e. The van der Waals surface area contributed by atoms with Crippen molar-refractivity contribution in [3.05, 3.63) is 29.8 Å². The first kappa shape index (κ1) is 13.0. The summed E-state index contributed by atoms with van der Waals surface area (Å²) in [6.45, 7) is 2.85. The molecule has 1 N–H and O–H groups in total. The molecule has 1 fully saturated rings. The number of anilines is 1. The van der Waals surface area contributed by atoms with Gasteiger partial charge in [0, 0.05) is 23.9 Å². The van der Waals surface area contributed by atoms with Gasteiger partial charge in [-0.1, -0.05) is 25.1 Å². The van der Waals surface area contributed by atoms with E-state index in [4.69, 9.17) is 0 Å². The molecule has 3 heterocycles. The van der Waals surface area contributed by atoms with Crippen molar-refractivity contribution in [3.8, 4) is 0 Å². The monoisotopic (exact) mass is 284 g/mol. The van der Waals surface area contributed by atoms with Gasteiger partial charge in [0.2, 0.25) is 5.91 Å². The summed E-state index contributed by atoms with van der Waals surface area (Å²) in [5.41, 5.74) is 0.940. The molecule has 0 aromatic heterocycles. The maximum atomic E-state index is 12.6. The maximum Gasteiger partial charge on any atom is 0.229 e. The van der Waals surface area contributed by atoms with E-state index in [0.717, 1.165) is 43.5 Å². The third kappa shape index (κ3) is 1.39. The van der Waals surface area contributed by atoms with Crippen LogP contribution >= 0.6 is 0 Å². The lowest BCUT2D eigenvalue weighted by atomic mass is 9.65. The number of nitrogens with zero attached hydrogens (tertiary/aromatic N) is 2. The van der Waals surface area contributed by atoms with Crippen LogP contribution in [0.4, 0.5) is 5.69 Å². The van der Waals surface area contributed by atoms with Crippen LogP contribution in [0.25, 0.3) is 0 Å². The second kappa shape index (κ2) is 4.17. The molecule has 0 unspecified atom stereocenters. The first-order valence-corrected chi connectivity index (χ1v) is 7.84. The fraction of sp³-hybridized carbons (Fsp3) is 0.529. The van der Waals surface area contributed by atoms with Gasteiger partial charge in [0.05, 0.1) is 11.4 Å². The summed E-state index contributed by atoms with van der Waals surface area (Å²) in [5, 5.41) is 11.7. The number of carbonyl (C=O) groups excluding carboxylic acids is 1. The largest absolute Gasteiger partial charge is 0.365 e. The Bertz CT molecular complexity index is 654. The number of hydrogen-bond donors (Lipinski definition) is 1. The molecule has 4 nitrogen and oxygen atoms in total. The van der Waals surface area contributed by atoms with Crippen molar-refractivity contribution in [1.29, 1.82) is 0 Å². The summed E-state index contributed by atoms with van der Waals surface area (Å²) in [6.07, 6.45) is 4.02. The predicted molar refractivity (Wildman–Crippen MR) is 81.5 cm³/mol. The van der Waals surface area contributed by atoms with Crippen LogP contribution in [-0.4, -0.2) is 29.0 Å². The van der Waals surface area contributed by atoms with Crippen LogP contribution in [0.5, 0.6) is 0 Å². The van der Waals surface area contributed by atoms with Gasteiger partial charge in [-0.05, 0) is 31.7 Å². The molecule has 1 aromatic carbocycles. The molecule has 3 aliphatic rings. The van der Waals surface area contributed by atoms with Crippen molar-refractivity contribution in [3.63, 3.8) is 0 Å². The second-order valence-electron chi connectivity index (χ2n) is 6.39. The lowest BCUT2D eigenvalue weighted by Crippen LogP contribution is -2.66. The van der Waals surface area contributed by atoms with Crippen molar-refractivity contribution < 1.29 is 9.90 Å². The lowest BCUT2D eigenvalue weighted by Gasteiger charge is -2.52. The highest BCUT2D eigenvalue weighted by Gasteiger charge is 2.64. The topological polar surface area (TPSA) is 52.9 Å². The molecule has 4 heteroatoms. The number of rotatable bonds is 1. The number of piperidine rings is 1. The van der Waals surface area contributed by atoms with Crippen molar-refractivity contribution >= 4 is 17.3 Å². The molecular weight excluding hydrogens is 264 g/mol. The Hall–Kier alpha value is -1.68. The van der Waals surface area contributed by atoms with E-state index in [2.05, 4.69) is 11.9 Å². The Labute approximate surface area is 124 Å². The minimum absolute atomic E-state index is 0.0149. The Morgan fingerprint density at radius 2 is 2.14 bits per heavy atom. The molecule has 0 bridgehead atoms. The van der Waals surface area contributed by atoms with E-state index in [1.807, 2.05) is 24.3 Å². The van der Waals surface area contributed by atoms with Gasteiger partial charge >= 0.3 is 0 Å². The zero-order valence-electron chi connectivity index (χ0n) is 12.3. The molecular formula is C17H20N2O2. The van der Waals surface area contributed by atoms with Gasteiger partial charge in [-0.15, -0.1) is 0 Å². The quantitative estimate of drug-likeness (QED) is 0.861. The summed E-state index contributed by atoms with van der Waals surface area (Å²) in [7, 11) is 0. The van der Waals surface area contributed by atoms with E-state index >= 15 is 0 Å². The lowest BCUT2D eigenvalue weighted by molar-refractivity contribution is -0.134. The minimum atomic E-state index is -1.25. The van der Waals surface area contributed by atoms with Gasteiger partial charge in [0.15, 0.2) is 5.72 Å². The van der Waals surface area contributed by atoms with Crippen LogP contribution in [0.15, 0.2) is 29.3 Å². The Morgan fingerprint density at radius 1 is 1.33 bits per heavy atom. The third-order valence-corrected chi connectivity index (χ3v) is 5.62. The highest BCUT2D eigenvalue weighted by Crippen LogP contribution is 2.56. The normalized spacial score (nSPS) is 34.1. The molecule has 2 atom stereocenters. The van der Waals surface area contributed by atoms with E-state index in [0.29, 0.717) is 12.1 Å². The molecule has 0 aliphatic carbocycles. The molecule has 3 aliphatic heterocycles. The van der Waals surface area contributed by atoms with Crippen molar-refractivity contribution in [2.24, 2.45) is 10.4 Å². The molecule has 0 saturated carbocycles. The van der Waals surface area contributed by atoms with Crippen molar-refractivity contribution in [2.75, 3.05) is 11.4 Å². The molecule has 1 amide bonds. The number of hydrogen-bond acceptors (Lipinski definition) is 3. The first-order valence-electron chi connectivity index (χ1n) is 7.84. The van der Waals surface area contributed by atoms with Gasteiger partial charge < -0.3 is 5.11 Å². The fourth-order valence-corrected chi connectivity index (χ4v) is 4.48. The number of para-hydroxylation sites is 1. The van der Waals surface area contributed by atoms with Crippen LogP contribution < -0.4 is 4.90 Å². The highest BCUT2D eigenvalue weighted by molar-refractivity contribution is 6.23. The fourth-order valence-electron chi connectivity index (χ4n) is 4.48. The number of carbonyl (C=O) groups is 1. The Morgan fingerprint density at radius 3 is 2.95 bits per heavy atom. The van der Waals surface area contributed by atoms with Gasteiger partial charge in [-0.25, -0.2) is 0 Å². The molecule has 1 aromatic rings. The summed E-state index contributed by atoms with van der Waals surface area (Å²) in [4.78, 5) is 18.9. The van der Waals surface area contributed by atoms with Crippen molar-refractivity contribution in [1.82, 2.24) is 0 Å². The standard InChI is InChI=1S/C17H20N2O2/c1-2-16-9-5-11-18-15-12-6-3-4-7-13(12)19(17(15,16)21)14(20)8-10-16/h3-4,6-7,21H,2,5,8-11H2,1H3/t16-,17-/m1/s1. The molecule has 110 valence electrons. The molecule has 1 saturated heterocycles. The Balaban J connectivity index is 2.04. The van der Waals surface area contributed by atoms with Crippen LogP contribution in [0.2, 0.25) is 0 Å². The number of aliphatic imine (C=N–C) groups is 1. The zero-order valence-corrected chi connectivity index (χ0v) is 12.3. The predicted octanol–water partition coefficient (Wildman–Crippen LogP) is 2.49. The summed E-state index contributed by atoms with van der Waals surface area (Å²) < 4.78 is 0. The second-order valence-corrected chi connectivity index (χ2v) is 6.39. The van der Waals surface area contributed by atoms with E-state index in [-0.39, 0.29) is 11.3 Å². The average molecular weight is 284 g/mol. The Kier molecular flexibility index (Phi) is 2.58. The number of amides is 1. The number of fused-ring (bicyclic) bond motifs is 3. The van der Waals surface area contributed by atoms with Crippen LogP contribution in [0, 0.1) is 5.41 Å². The van der Waals surface area contributed by atoms with Crippen LogP contribution in [0.1, 0.15) is 44.6 Å². The highest BCUT2D eigenvalue weighted by atomic mass is 16.3. The number of benzene rings is 1. The van der Waals surface area contributed by atoms with E-state index in [9.17, 15) is 9.90 Å². The zero-order chi connectivity index (χ0) is 14.7. The molecule has 0 radical (unpaired) electrons. The van der Waals surface area contributed by atoms with Crippen molar-refractivity contribution in [2.45, 2.75) is 44.8 Å². The third-order valence-electron chi connectivity index (χ3n) is 5.62. The first-order chi connectivity index (χ1) is 10.1. The average Bonchev–Trinajstić information content (AvgIpc) is 2.66. The van der Waals surface area contributed by atoms with Gasteiger partial charge in [0.1, 0.15) is 0 Å². The number of aliphatic hydroxyl groups is 1. The smallest absolute Gasteiger partial charge is 0.229 e. The van der Waals surface area contributed by atoms with Gasteiger partial charge in [-0.2, -0.15) is 0 Å². The van der Waals surface area contributed by atoms with Crippen LogP contribution in [-0.2, 0) is 4.79 Å². The van der Waals surface area contributed by atoms with Gasteiger partial charge in [0.25, 0.3) is 0 Å². The summed E-state index contributed by atoms with van der Waals surface area (Å²) >= 11 is 0. The molecule has 0 spiro atoms. The van der Waals surface area contributed by atoms with Crippen LogP contribution in [0.3, 0.4) is 0 Å². The molecule has 4 rings (SSSR count). The SMILES string of the molecule is CC[C@@]12CCCN=C3c4ccccc4N(C(=O)CC1)[C@@]32O. The van der Waals surface area contributed by atoms with E-state index in [1.54, 1.807) is 4.90 Å². The van der Waals surface area contributed by atoms with Gasteiger partial charge in [-0.3, -0.25) is 14.7 Å². The van der Waals surface area contributed by atoms with E-state index < -0.39 is 5.72 Å². The van der Waals surface area contributed by atoms with E-state index in [1.165, 1.54) is 0 Å².